The van der Waals surface area contributed by atoms with Gasteiger partial charge >= 0.3 is 0 Å². The smallest absolute Gasteiger partial charge is 0.244 e. The van der Waals surface area contributed by atoms with E-state index in [1.165, 1.54) is 6.08 Å². The van der Waals surface area contributed by atoms with E-state index in [2.05, 4.69) is 21.2 Å². The lowest BCUT2D eigenvalue weighted by Crippen LogP contribution is -2.46. The molecule has 4 nitrogen and oxygen atoms in total. The van der Waals surface area contributed by atoms with Crippen LogP contribution in [0.3, 0.4) is 0 Å². The Morgan fingerprint density at radius 2 is 2.10 bits per heavy atom. The highest BCUT2D eigenvalue weighted by Crippen LogP contribution is 2.16. The minimum atomic E-state index is -0.944. The zero-order valence-electron chi connectivity index (χ0n) is 12.1. The number of hydrogen-bond acceptors (Lipinski definition) is 3. The summed E-state index contributed by atoms with van der Waals surface area (Å²) < 4.78 is 0.934. The second-order valence-corrected chi connectivity index (χ2v) is 6.16. The molecule has 1 atom stereocenters. The summed E-state index contributed by atoms with van der Waals surface area (Å²) in [5.41, 5.74) is -0.0111. The highest BCUT2D eigenvalue weighted by molar-refractivity contribution is 9.10. The Bertz CT molecular complexity index is 485. The zero-order chi connectivity index (χ0) is 15.2. The van der Waals surface area contributed by atoms with E-state index in [9.17, 15) is 9.90 Å². The standard InChI is InChI=1S/C15H21BrN2O2/c1-15(20,11-18(2)3)10-17-14(19)9-8-12-6-4-5-7-13(12)16/h4-9,20H,10-11H2,1-3H3,(H,17,19)/b9-8+. The number of carbonyl (C=O) groups excluding carboxylic acids is 1. The van der Waals surface area contributed by atoms with Crippen molar-refractivity contribution in [1.29, 1.82) is 0 Å². The maximum Gasteiger partial charge on any atom is 0.244 e. The number of carbonyl (C=O) groups is 1. The van der Waals surface area contributed by atoms with Gasteiger partial charge in [-0.2, -0.15) is 0 Å². The first-order chi connectivity index (χ1) is 9.30. The summed E-state index contributed by atoms with van der Waals surface area (Å²) in [4.78, 5) is 13.6. The molecule has 5 heteroatoms. The molecule has 0 saturated carbocycles. The molecule has 0 aliphatic heterocycles. The maximum absolute atomic E-state index is 11.7. The van der Waals surface area contributed by atoms with Crippen LogP contribution in [0.2, 0.25) is 0 Å². The molecule has 0 heterocycles. The van der Waals surface area contributed by atoms with E-state index in [0.29, 0.717) is 6.54 Å². The van der Waals surface area contributed by atoms with Crippen molar-refractivity contribution < 1.29 is 9.90 Å². The molecule has 1 aromatic carbocycles. The first-order valence-electron chi connectivity index (χ1n) is 6.38. The Balaban J connectivity index is 2.50. The van der Waals surface area contributed by atoms with E-state index in [1.54, 1.807) is 13.0 Å². The van der Waals surface area contributed by atoms with Gasteiger partial charge in [0, 0.05) is 23.6 Å². The molecule has 0 aliphatic carbocycles. The number of nitrogens with one attached hydrogen (secondary N) is 1. The Labute approximate surface area is 128 Å². The lowest BCUT2D eigenvalue weighted by atomic mass is 10.1. The lowest BCUT2D eigenvalue weighted by Gasteiger charge is -2.26. The number of amides is 1. The molecule has 0 aromatic heterocycles. The van der Waals surface area contributed by atoms with Gasteiger partial charge in [0.25, 0.3) is 0 Å². The molecule has 20 heavy (non-hydrogen) atoms. The summed E-state index contributed by atoms with van der Waals surface area (Å²) in [6, 6.07) is 7.65. The van der Waals surface area contributed by atoms with Gasteiger partial charge in [0.05, 0.1) is 5.60 Å². The van der Waals surface area contributed by atoms with Gasteiger partial charge in [-0.3, -0.25) is 4.79 Å². The molecule has 2 N–H and O–H groups in total. The van der Waals surface area contributed by atoms with E-state index >= 15 is 0 Å². The third-order valence-corrected chi connectivity index (χ3v) is 3.34. The Kier molecular flexibility index (Phi) is 6.39. The molecule has 1 rings (SSSR count). The first kappa shape index (κ1) is 16.9. The van der Waals surface area contributed by atoms with Crippen molar-refractivity contribution in [3.63, 3.8) is 0 Å². The predicted octanol–water partition coefficient (Wildman–Crippen LogP) is 1.89. The molecule has 0 radical (unpaired) electrons. The molecule has 0 aliphatic rings. The molecule has 110 valence electrons. The van der Waals surface area contributed by atoms with Crippen LogP contribution in [0.1, 0.15) is 12.5 Å². The molecular formula is C15H21BrN2O2. The predicted molar refractivity (Wildman–Crippen MR) is 85.4 cm³/mol. The van der Waals surface area contributed by atoms with Crippen molar-refractivity contribution in [2.75, 3.05) is 27.2 Å². The van der Waals surface area contributed by atoms with Crippen LogP contribution >= 0.6 is 15.9 Å². The zero-order valence-corrected chi connectivity index (χ0v) is 13.6. The van der Waals surface area contributed by atoms with Crippen molar-refractivity contribution in [1.82, 2.24) is 10.2 Å². The summed E-state index contributed by atoms with van der Waals surface area (Å²) in [6.07, 6.45) is 3.20. The Morgan fingerprint density at radius 3 is 2.70 bits per heavy atom. The number of nitrogens with zero attached hydrogens (tertiary/aromatic N) is 1. The van der Waals surface area contributed by atoms with E-state index in [-0.39, 0.29) is 12.5 Å². The van der Waals surface area contributed by atoms with Gasteiger partial charge in [0.15, 0.2) is 0 Å². The monoisotopic (exact) mass is 340 g/mol. The van der Waals surface area contributed by atoms with Crippen LogP contribution in [-0.4, -0.2) is 48.7 Å². The van der Waals surface area contributed by atoms with Crippen LogP contribution in [-0.2, 0) is 4.79 Å². The molecule has 0 bridgehead atoms. The fourth-order valence-electron chi connectivity index (χ4n) is 1.85. The molecular weight excluding hydrogens is 320 g/mol. The van der Waals surface area contributed by atoms with Crippen molar-refractivity contribution >= 4 is 27.9 Å². The van der Waals surface area contributed by atoms with Crippen molar-refractivity contribution in [3.05, 3.63) is 40.4 Å². The minimum absolute atomic E-state index is 0.213. The normalized spacial score (nSPS) is 14.5. The van der Waals surface area contributed by atoms with Crippen LogP contribution in [0, 0.1) is 0 Å². The van der Waals surface area contributed by atoms with Gasteiger partial charge in [-0.25, -0.2) is 0 Å². The second-order valence-electron chi connectivity index (χ2n) is 5.31. The topological polar surface area (TPSA) is 52.6 Å². The molecule has 0 fully saturated rings. The largest absolute Gasteiger partial charge is 0.387 e. The van der Waals surface area contributed by atoms with Crippen LogP contribution in [0.15, 0.2) is 34.8 Å². The molecule has 0 saturated heterocycles. The van der Waals surface area contributed by atoms with Crippen LogP contribution in [0.4, 0.5) is 0 Å². The molecule has 0 spiro atoms. The van der Waals surface area contributed by atoms with E-state index in [0.717, 1.165) is 10.0 Å². The Hall–Kier alpha value is -1.17. The third kappa shape index (κ3) is 6.32. The van der Waals surface area contributed by atoms with Crippen LogP contribution < -0.4 is 5.32 Å². The quantitative estimate of drug-likeness (QED) is 0.777. The fourth-order valence-corrected chi connectivity index (χ4v) is 2.27. The minimum Gasteiger partial charge on any atom is -0.387 e. The van der Waals surface area contributed by atoms with E-state index in [1.807, 2.05) is 43.3 Å². The number of benzene rings is 1. The number of halogens is 1. The summed E-state index contributed by atoms with van der Waals surface area (Å²) in [5.74, 6) is -0.222. The number of aliphatic hydroxyl groups is 1. The lowest BCUT2D eigenvalue weighted by molar-refractivity contribution is -0.117. The summed E-state index contributed by atoms with van der Waals surface area (Å²) in [7, 11) is 3.76. The highest BCUT2D eigenvalue weighted by Gasteiger charge is 2.21. The SMILES string of the molecule is CN(C)CC(C)(O)CNC(=O)/C=C/c1ccccc1Br. The third-order valence-electron chi connectivity index (χ3n) is 2.62. The molecule has 1 aromatic rings. The van der Waals surface area contributed by atoms with Gasteiger partial charge in [-0.15, -0.1) is 0 Å². The summed E-state index contributed by atoms with van der Waals surface area (Å²) in [6.45, 7) is 2.40. The van der Waals surface area contributed by atoms with Crippen LogP contribution in [0.25, 0.3) is 6.08 Å². The van der Waals surface area contributed by atoms with Gasteiger partial charge in [0.1, 0.15) is 0 Å². The van der Waals surface area contributed by atoms with Gasteiger partial charge in [-0.1, -0.05) is 34.1 Å². The average Bonchev–Trinajstić information content (AvgIpc) is 2.34. The first-order valence-corrected chi connectivity index (χ1v) is 7.17. The Morgan fingerprint density at radius 1 is 1.45 bits per heavy atom. The maximum atomic E-state index is 11.7. The molecule has 1 amide bonds. The van der Waals surface area contributed by atoms with E-state index in [4.69, 9.17) is 0 Å². The van der Waals surface area contributed by atoms with Crippen LogP contribution in [0.5, 0.6) is 0 Å². The average molecular weight is 341 g/mol. The highest BCUT2D eigenvalue weighted by atomic mass is 79.9. The number of likely N-dealkylation sites (N-methyl/N-ethyl adjacent to an activating group) is 1. The summed E-state index contributed by atoms with van der Waals surface area (Å²) >= 11 is 3.42. The van der Waals surface area contributed by atoms with E-state index < -0.39 is 5.60 Å². The number of rotatable bonds is 6. The number of hydrogen-bond donors (Lipinski definition) is 2. The molecule has 1 unspecified atom stereocenters. The fraction of sp³-hybridized carbons (Fsp3) is 0.400. The van der Waals surface area contributed by atoms with Gasteiger partial charge < -0.3 is 15.3 Å². The van der Waals surface area contributed by atoms with Gasteiger partial charge in [0.2, 0.25) is 5.91 Å². The summed E-state index contributed by atoms with van der Waals surface area (Å²) in [5, 5.41) is 12.8. The van der Waals surface area contributed by atoms with Crippen molar-refractivity contribution in [2.24, 2.45) is 0 Å². The van der Waals surface area contributed by atoms with Crippen molar-refractivity contribution in [3.8, 4) is 0 Å². The van der Waals surface area contributed by atoms with Crippen molar-refractivity contribution in [2.45, 2.75) is 12.5 Å². The van der Waals surface area contributed by atoms with Gasteiger partial charge in [-0.05, 0) is 38.7 Å². The second kappa shape index (κ2) is 7.57.